The molecule has 0 aliphatic carbocycles. The van der Waals surface area contributed by atoms with Crippen LogP contribution in [0.2, 0.25) is 0 Å². The molecule has 20 heavy (non-hydrogen) atoms. The van der Waals surface area contributed by atoms with Crippen LogP contribution in [0.5, 0.6) is 0 Å². The van der Waals surface area contributed by atoms with Crippen molar-refractivity contribution < 1.29 is 19.8 Å². The van der Waals surface area contributed by atoms with Crippen LogP contribution in [-0.4, -0.2) is 44.1 Å². The van der Waals surface area contributed by atoms with Gasteiger partial charge in [-0.2, -0.15) is 5.10 Å². The molecule has 0 spiro atoms. The average molecular weight is 284 g/mol. The van der Waals surface area contributed by atoms with Gasteiger partial charge in [-0.1, -0.05) is 6.92 Å². The van der Waals surface area contributed by atoms with Crippen LogP contribution >= 0.6 is 0 Å². The molecule has 112 valence electrons. The molecular formula is C12H20N4O4. The SMILES string of the molecule is CCc1nn(C)cc1CNC(=O)NCC(C)(O)C(=O)O. The number of amides is 2. The molecule has 8 heteroatoms. The Hall–Kier alpha value is -2.09. The van der Waals surface area contributed by atoms with Gasteiger partial charge in [0, 0.05) is 25.4 Å². The van der Waals surface area contributed by atoms with E-state index in [-0.39, 0.29) is 13.1 Å². The molecule has 1 unspecified atom stereocenters. The van der Waals surface area contributed by atoms with E-state index in [0.29, 0.717) is 0 Å². The number of urea groups is 1. The van der Waals surface area contributed by atoms with E-state index in [2.05, 4.69) is 15.7 Å². The highest BCUT2D eigenvalue weighted by atomic mass is 16.4. The minimum Gasteiger partial charge on any atom is -0.479 e. The van der Waals surface area contributed by atoms with E-state index in [1.54, 1.807) is 11.7 Å². The summed E-state index contributed by atoms with van der Waals surface area (Å²) in [7, 11) is 1.80. The second-order valence-electron chi connectivity index (χ2n) is 4.74. The zero-order chi connectivity index (χ0) is 15.3. The Balaban J connectivity index is 2.46. The van der Waals surface area contributed by atoms with E-state index < -0.39 is 17.6 Å². The second kappa shape index (κ2) is 6.38. The van der Waals surface area contributed by atoms with Gasteiger partial charge in [0.1, 0.15) is 0 Å². The first kappa shape index (κ1) is 16.0. The summed E-state index contributed by atoms with van der Waals surface area (Å²) < 4.78 is 1.67. The van der Waals surface area contributed by atoms with Crippen molar-refractivity contribution in [3.8, 4) is 0 Å². The monoisotopic (exact) mass is 284 g/mol. The van der Waals surface area contributed by atoms with Gasteiger partial charge in [0.25, 0.3) is 0 Å². The van der Waals surface area contributed by atoms with Crippen molar-refractivity contribution in [3.63, 3.8) is 0 Å². The van der Waals surface area contributed by atoms with Crippen LogP contribution in [0.1, 0.15) is 25.1 Å². The van der Waals surface area contributed by atoms with E-state index in [4.69, 9.17) is 5.11 Å². The van der Waals surface area contributed by atoms with Crippen molar-refractivity contribution in [2.75, 3.05) is 6.54 Å². The summed E-state index contributed by atoms with van der Waals surface area (Å²) in [4.78, 5) is 22.2. The number of aliphatic carboxylic acids is 1. The molecule has 1 rings (SSSR count). The number of aliphatic hydroxyl groups is 1. The number of aryl methyl sites for hydroxylation is 2. The average Bonchev–Trinajstić information content (AvgIpc) is 2.74. The van der Waals surface area contributed by atoms with Crippen LogP contribution in [-0.2, 0) is 24.8 Å². The van der Waals surface area contributed by atoms with Gasteiger partial charge in [-0.15, -0.1) is 0 Å². The number of carboxylic acids is 1. The van der Waals surface area contributed by atoms with Crippen LogP contribution < -0.4 is 10.6 Å². The minimum absolute atomic E-state index is 0.290. The normalized spacial score (nSPS) is 13.6. The summed E-state index contributed by atoms with van der Waals surface area (Å²) in [6.45, 7) is 3.00. The Morgan fingerprint density at radius 1 is 1.45 bits per heavy atom. The number of nitrogens with zero attached hydrogens (tertiary/aromatic N) is 2. The fraction of sp³-hybridized carbons (Fsp3) is 0.583. The molecule has 1 aromatic rings. The zero-order valence-electron chi connectivity index (χ0n) is 11.8. The summed E-state index contributed by atoms with van der Waals surface area (Å²) in [5.74, 6) is -1.39. The molecule has 0 bridgehead atoms. The highest BCUT2D eigenvalue weighted by molar-refractivity contribution is 5.79. The largest absolute Gasteiger partial charge is 0.479 e. The van der Waals surface area contributed by atoms with E-state index in [1.807, 2.05) is 13.1 Å². The van der Waals surface area contributed by atoms with Crippen molar-refractivity contribution in [1.29, 1.82) is 0 Å². The maximum Gasteiger partial charge on any atom is 0.337 e. The standard InChI is InChI=1S/C12H20N4O4/c1-4-9-8(6-16(3)15-9)5-13-11(19)14-7-12(2,20)10(17)18/h6,20H,4-5,7H2,1-3H3,(H,17,18)(H2,13,14,19). The van der Waals surface area contributed by atoms with Gasteiger partial charge in [0.05, 0.1) is 12.2 Å². The summed E-state index contributed by atoms with van der Waals surface area (Å²) in [6, 6.07) is -0.544. The topological polar surface area (TPSA) is 116 Å². The number of nitrogens with one attached hydrogen (secondary N) is 2. The van der Waals surface area contributed by atoms with Crippen LogP contribution in [0.3, 0.4) is 0 Å². The lowest BCUT2D eigenvalue weighted by molar-refractivity contribution is -0.155. The molecule has 1 heterocycles. The summed E-state index contributed by atoms with van der Waals surface area (Å²) in [5, 5.41) is 27.3. The molecule has 0 saturated carbocycles. The Labute approximate surface area is 116 Å². The first-order valence-corrected chi connectivity index (χ1v) is 6.25. The van der Waals surface area contributed by atoms with Crippen molar-refractivity contribution in [1.82, 2.24) is 20.4 Å². The smallest absolute Gasteiger partial charge is 0.337 e. The summed E-state index contributed by atoms with van der Waals surface area (Å²) in [5.41, 5.74) is -0.194. The van der Waals surface area contributed by atoms with E-state index in [0.717, 1.165) is 24.6 Å². The van der Waals surface area contributed by atoms with Crippen molar-refractivity contribution in [3.05, 3.63) is 17.5 Å². The molecule has 0 aromatic carbocycles. The first-order valence-electron chi connectivity index (χ1n) is 6.25. The van der Waals surface area contributed by atoms with Crippen LogP contribution in [0.15, 0.2) is 6.20 Å². The quantitative estimate of drug-likeness (QED) is 0.568. The highest BCUT2D eigenvalue weighted by Gasteiger charge is 2.30. The molecule has 0 fully saturated rings. The maximum absolute atomic E-state index is 11.5. The fourth-order valence-corrected chi connectivity index (χ4v) is 1.59. The third kappa shape index (κ3) is 4.23. The number of carbonyl (C=O) groups excluding carboxylic acids is 1. The van der Waals surface area contributed by atoms with Crippen LogP contribution in [0.25, 0.3) is 0 Å². The molecule has 2 amide bonds. The van der Waals surface area contributed by atoms with E-state index >= 15 is 0 Å². The van der Waals surface area contributed by atoms with Gasteiger partial charge in [0.2, 0.25) is 0 Å². The number of hydrogen-bond donors (Lipinski definition) is 4. The van der Waals surface area contributed by atoms with Gasteiger partial charge in [-0.25, -0.2) is 9.59 Å². The molecule has 8 nitrogen and oxygen atoms in total. The molecule has 0 saturated heterocycles. The van der Waals surface area contributed by atoms with Crippen LogP contribution in [0.4, 0.5) is 4.79 Å². The van der Waals surface area contributed by atoms with Gasteiger partial charge >= 0.3 is 12.0 Å². The lowest BCUT2D eigenvalue weighted by Gasteiger charge is -2.18. The van der Waals surface area contributed by atoms with Crippen molar-refractivity contribution in [2.24, 2.45) is 7.05 Å². The lowest BCUT2D eigenvalue weighted by atomic mass is 10.1. The molecule has 1 atom stereocenters. The summed E-state index contributed by atoms with van der Waals surface area (Å²) in [6.07, 6.45) is 2.57. The lowest BCUT2D eigenvalue weighted by Crippen LogP contribution is -2.49. The van der Waals surface area contributed by atoms with Gasteiger partial charge < -0.3 is 20.8 Å². The number of hydrogen-bond acceptors (Lipinski definition) is 4. The molecule has 0 aliphatic heterocycles. The van der Waals surface area contributed by atoms with Gasteiger partial charge in [-0.3, -0.25) is 4.68 Å². The Bertz CT molecular complexity index is 496. The van der Waals surface area contributed by atoms with Crippen LogP contribution in [0, 0.1) is 0 Å². The van der Waals surface area contributed by atoms with Crippen molar-refractivity contribution >= 4 is 12.0 Å². The maximum atomic E-state index is 11.5. The van der Waals surface area contributed by atoms with Gasteiger partial charge in [0.15, 0.2) is 5.60 Å². The Morgan fingerprint density at radius 2 is 2.10 bits per heavy atom. The van der Waals surface area contributed by atoms with E-state index in [9.17, 15) is 14.7 Å². The number of carboxylic acid groups (broad SMARTS) is 1. The molecule has 0 radical (unpaired) electrons. The number of carbonyl (C=O) groups is 2. The Kier molecular flexibility index (Phi) is 5.09. The molecule has 1 aromatic heterocycles. The summed E-state index contributed by atoms with van der Waals surface area (Å²) >= 11 is 0. The fourth-order valence-electron chi connectivity index (χ4n) is 1.59. The third-order valence-electron chi connectivity index (χ3n) is 2.82. The zero-order valence-corrected chi connectivity index (χ0v) is 11.8. The molecule has 0 aliphatic rings. The first-order chi connectivity index (χ1) is 9.26. The number of rotatable bonds is 6. The molecule has 4 N–H and O–H groups in total. The predicted molar refractivity (Wildman–Crippen MR) is 71.1 cm³/mol. The van der Waals surface area contributed by atoms with Gasteiger partial charge in [-0.05, 0) is 13.3 Å². The third-order valence-corrected chi connectivity index (χ3v) is 2.82. The van der Waals surface area contributed by atoms with Crippen molar-refractivity contribution in [2.45, 2.75) is 32.4 Å². The Morgan fingerprint density at radius 3 is 2.65 bits per heavy atom. The van der Waals surface area contributed by atoms with E-state index in [1.165, 1.54) is 0 Å². The minimum atomic E-state index is -1.99. The number of aromatic nitrogens is 2. The molecular weight excluding hydrogens is 264 g/mol. The second-order valence-corrected chi connectivity index (χ2v) is 4.74. The predicted octanol–water partition coefficient (Wildman–Crippen LogP) is -0.383. The highest BCUT2D eigenvalue weighted by Crippen LogP contribution is 2.06.